The van der Waals surface area contributed by atoms with Crippen molar-refractivity contribution in [1.82, 2.24) is 0 Å². The van der Waals surface area contributed by atoms with Gasteiger partial charge in [0.1, 0.15) is 0 Å². The van der Waals surface area contributed by atoms with E-state index in [1.54, 1.807) is 6.92 Å². The van der Waals surface area contributed by atoms with Crippen LogP contribution in [0.3, 0.4) is 0 Å². The molecule has 1 unspecified atom stereocenters. The summed E-state index contributed by atoms with van der Waals surface area (Å²) in [6.45, 7) is 1.51. The molecule has 0 aliphatic heterocycles. The molecule has 0 spiro atoms. The van der Waals surface area contributed by atoms with Gasteiger partial charge in [-0.2, -0.15) is 0 Å². The topological polar surface area (TPSA) is 29.5 Å². The third-order valence-electron chi connectivity index (χ3n) is 0.369. The van der Waals surface area contributed by atoms with Gasteiger partial charge in [0.05, 0.1) is 6.61 Å². The molecule has 0 aromatic heterocycles. The molecule has 0 bridgehead atoms. The van der Waals surface area contributed by atoms with Crippen molar-refractivity contribution in [2.75, 3.05) is 13.3 Å². The van der Waals surface area contributed by atoms with Crippen LogP contribution in [0.15, 0.2) is 0 Å². The van der Waals surface area contributed by atoms with Crippen LogP contribution in [-0.4, -0.2) is 47.7 Å². The minimum absolute atomic E-state index is 0. The second kappa shape index (κ2) is 5.36. The van der Waals surface area contributed by atoms with Crippen LogP contribution >= 0.6 is 6.49 Å². The van der Waals surface area contributed by atoms with Gasteiger partial charge in [-0.05, 0) is 18.7 Å². The average molecular weight is 163 g/mol. The second-order valence-corrected chi connectivity index (χ2v) is 5.12. The van der Waals surface area contributed by atoms with Gasteiger partial charge in [0.15, 0.2) is 6.49 Å². The van der Waals surface area contributed by atoms with Crippen LogP contribution < -0.4 is 0 Å². The Balaban J connectivity index is 0. The van der Waals surface area contributed by atoms with Gasteiger partial charge in [0.25, 0.3) is 0 Å². The van der Waals surface area contributed by atoms with Gasteiger partial charge in [-0.15, -0.1) is 0 Å². The number of hydrogen-bond donors (Lipinski definition) is 1. The molecule has 0 fully saturated rings. The fourth-order valence-electron chi connectivity index (χ4n) is 0.240. The van der Waals surface area contributed by atoms with Gasteiger partial charge >= 0.3 is 0 Å². The Labute approximate surface area is 77.1 Å². The average Bonchev–Trinajstić information content (AvgIpc) is 1.30. The molecule has 0 aliphatic carbocycles. The maximum absolute atomic E-state index is 8.72. The van der Waals surface area contributed by atoms with Crippen LogP contribution in [0.4, 0.5) is 0 Å². The zero-order valence-electron chi connectivity index (χ0n) is 5.42. The van der Waals surface area contributed by atoms with Crippen molar-refractivity contribution in [3.05, 3.63) is 0 Å². The van der Waals surface area contributed by atoms with Crippen LogP contribution in [0.2, 0.25) is 0 Å². The first-order valence-corrected chi connectivity index (χ1v) is 5.13. The molecule has 0 amide bonds. The molecule has 0 saturated heterocycles. The van der Waals surface area contributed by atoms with Crippen molar-refractivity contribution >= 4 is 47.9 Å². The van der Waals surface area contributed by atoms with E-state index in [-0.39, 0.29) is 29.6 Å². The molecule has 0 heterocycles. The predicted molar refractivity (Wildman–Crippen MR) is 39.8 cm³/mol. The molecule has 45 valence electrons. The van der Waals surface area contributed by atoms with Crippen molar-refractivity contribution in [2.24, 2.45) is 0 Å². The summed E-state index contributed by atoms with van der Waals surface area (Å²) in [4.78, 5) is 8.72. The van der Waals surface area contributed by atoms with Crippen molar-refractivity contribution in [3.8, 4) is 0 Å². The summed E-state index contributed by atoms with van der Waals surface area (Å²) < 4.78 is 4.71. The molecular weight excluding hydrogens is 154 g/mol. The smallest absolute Gasteiger partial charge is 0.183 e. The van der Waals surface area contributed by atoms with E-state index in [1.807, 2.05) is 0 Å². The Hall–Kier alpha value is 1.57. The van der Waals surface area contributed by atoms with Gasteiger partial charge < -0.3 is 9.42 Å². The molecule has 1 N–H and O–H groups in total. The summed E-state index contributed by atoms with van der Waals surface area (Å²) in [7, 11) is 0. The van der Waals surface area contributed by atoms with Crippen LogP contribution in [0.5, 0.6) is 0 Å². The normalized spacial score (nSPS) is 16.4. The predicted octanol–water partition coefficient (Wildman–Crippen LogP) is 0.574. The maximum atomic E-state index is 8.72. The SMILES string of the molecule is CCOP(C)(O)=S.[Na]. The minimum atomic E-state index is -2.33. The quantitative estimate of drug-likeness (QED) is 0.476. The third kappa shape index (κ3) is 10.5. The largest absolute Gasteiger partial charge is 0.345 e. The van der Waals surface area contributed by atoms with Gasteiger partial charge in [0.2, 0.25) is 0 Å². The monoisotopic (exact) mass is 163 g/mol. The van der Waals surface area contributed by atoms with E-state index in [0.717, 1.165) is 0 Å². The van der Waals surface area contributed by atoms with Gasteiger partial charge in [-0.1, -0.05) is 0 Å². The van der Waals surface area contributed by atoms with Gasteiger partial charge in [-0.25, -0.2) is 0 Å². The molecule has 1 radical (unpaired) electrons. The molecule has 2 nitrogen and oxygen atoms in total. The zero-order chi connectivity index (χ0) is 5.91. The number of rotatable bonds is 2. The van der Waals surface area contributed by atoms with E-state index in [1.165, 1.54) is 6.66 Å². The Kier molecular flexibility index (Phi) is 8.22. The molecule has 0 rings (SSSR count). The first-order chi connectivity index (χ1) is 3.06. The van der Waals surface area contributed by atoms with Crippen LogP contribution in [0, 0.1) is 0 Å². The van der Waals surface area contributed by atoms with E-state index < -0.39 is 6.49 Å². The summed E-state index contributed by atoms with van der Waals surface area (Å²) in [6, 6.07) is 0. The van der Waals surface area contributed by atoms with E-state index >= 15 is 0 Å². The fourth-order valence-corrected chi connectivity index (χ4v) is 1.03. The van der Waals surface area contributed by atoms with Crippen molar-refractivity contribution in [1.29, 1.82) is 0 Å². The first kappa shape index (κ1) is 12.3. The molecular formula is C3H9NaO2PS. The summed E-state index contributed by atoms with van der Waals surface area (Å²) in [5, 5.41) is 0. The van der Waals surface area contributed by atoms with Gasteiger partial charge in [-0.3, -0.25) is 0 Å². The second-order valence-electron chi connectivity index (χ2n) is 1.22. The summed E-state index contributed by atoms with van der Waals surface area (Å²) >= 11 is 4.53. The van der Waals surface area contributed by atoms with E-state index in [2.05, 4.69) is 11.8 Å². The molecule has 8 heavy (non-hydrogen) atoms. The maximum Gasteiger partial charge on any atom is 0.183 e. The summed E-state index contributed by atoms with van der Waals surface area (Å²) in [5.74, 6) is 0. The van der Waals surface area contributed by atoms with E-state index in [0.29, 0.717) is 6.61 Å². The molecule has 0 aromatic rings. The molecule has 0 aliphatic rings. The minimum Gasteiger partial charge on any atom is -0.345 e. The summed E-state index contributed by atoms with van der Waals surface area (Å²) in [6.07, 6.45) is 0. The number of hydrogen-bond acceptors (Lipinski definition) is 2. The van der Waals surface area contributed by atoms with Crippen LogP contribution in [0.1, 0.15) is 6.92 Å². The Morgan fingerprint density at radius 1 is 1.75 bits per heavy atom. The van der Waals surface area contributed by atoms with Crippen LogP contribution in [0.25, 0.3) is 0 Å². The standard InChI is InChI=1S/C3H9O2PS.Na/c1-3-5-6(2,4)7;/h3H2,1-2H3,(H,4,7);. The van der Waals surface area contributed by atoms with Crippen molar-refractivity contribution in [3.63, 3.8) is 0 Å². The third-order valence-corrected chi connectivity index (χ3v) is 1.42. The van der Waals surface area contributed by atoms with Crippen LogP contribution in [-0.2, 0) is 16.3 Å². The van der Waals surface area contributed by atoms with E-state index in [4.69, 9.17) is 9.42 Å². The Morgan fingerprint density at radius 3 is 2.12 bits per heavy atom. The first-order valence-electron chi connectivity index (χ1n) is 2.01. The van der Waals surface area contributed by atoms with Crippen molar-refractivity contribution < 1.29 is 9.42 Å². The molecule has 5 heteroatoms. The molecule has 0 saturated carbocycles. The van der Waals surface area contributed by atoms with Crippen molar-refractivity contribution in [2.45, 2.75) is 6.92 Å². The zero-order valence-corrected chi connectivity index (χ0v) is 9.13. The molecule has 1 atom stereocenters. The van der Waals surface area contributed by atoms with Gasteiger partial charge in [0, 0.05) is 36.2 Å². The molecule has 0 aromatic carbocycles. The Morgan fingerprint density at radius 2 is 2.12 bits per heavy atom. The Bertz CT molecular complexity index is 91.3. The fraction of sp³-hybridized carbons (Fsp3) is 1.00. The summed E-state index contributed by atoms with van der Waals surface area (Å²) in [5.41, 5.74) is 0. The van der Waals surface area contributed by atoms with E-state index in [9.17, 15) is 0 Å².